The maximum Gasteiger partial charge on any atom is 1.00 e. The van der Waals surface area contributed by atoms with Crippen LogP contribution in [0.15, 0.2) is 0 Å². The van der Waals surface area contributed by atoms with Crippen molar-refractivity contribution in [3.63, 3.8) is 0 Å². The minimum absolute atomic E-state index is 0. The van der Waals surface area contributed by atoms with Gasteiger partial charge in [-0.15, -0.1) is 0 Å². The normalized spacial score (nSPS) is 19.9. The fourth-order valence-electron chi connectivity index (χ4n) is 2.36. The summed E-state index contributed by atoms with van der Waals surface area (Å²) in [6.07, 6.45) is -1.36. The summed E-state index contributed by atoms with van der Waals surface area (Å²) in [4.78, 5) is 14.9. The quantitative estimate of drug-likeness (QED) is 0.651. The first-order valence-corrected chi connectivity index (χ1v) is 6.74. The average Bonchev–Trinajstić information content (AvgIpc) is 2.09. The van der Waals surface area contributed by atoms with E-state index < -0.39 is 30.7 Å². The topological polar surface area (TPSA) is 32.8 Å². The van der Waals surface area contributed by atoms with Gasteiger partial charge >= 0.3 is 64.5 Å². The predicted molar refractivity (Wildman–Crippen MR) is 72.5 cm³/mol. The van der Waals surface area contributed by atoms with Gasteiger partial charge in [0, 0.05) is 19.6 Å². The number of ether oxygens (including phenoxy) is 1. The van der Waals surface area contributed by atoms with Crippen molar-refractivity contribution >= 4 is 13.1 Å². The van der Waals surface area contributed by atoms with Gasteiger partial charge in [0.05, 0.1) is 5.54 Å². The fourth-order valence-corrected chi connectivity index (χ4v) is 2.36. The molecule has 1 heterocycles. The van der Waals surface area contributed by atoms with Gasteiger partial charge in [0.25, 0.3) is 0 Å². The third-order valence-corrected chi connectivity index (χ3v) is 3.06. The first-order valence-electron chi connectivity index (χ1n) is 6.74. The van der Waals surface area contributed by atoms with E-state index in [1.807, 2.05) is 0 Å². The van der Waals surface area contributed by atoms with Crippen LogP contribution in [-0.4, -0.2) is 60.1 Å². The summed E-state index contributed by atoms with van der Waals surface area (Å²) in [5, 5.41) is 0. The number of amides is 1. The molecule has 1 rings (SSSR count). The summed E-state index contributed by atoms with van der Waals surface area (Å²) < 4.78 is 42.8. The van der Waals surface area contributed by atoms with Crippen molar-refractivity contribution in [2.24, 2.45) is 0 Å². The van der Waals surface area contributed by atoms with Gasteiger partial charge in [-0.25, -0.2) is 4.79 Å². The Balaban J connectivity index is 0.00000400. The van der Waals surface area contributed by atoms with E-state index in [0.29, 0.717) is 0 Å². The minimum atomic E-state index is -4.84. The number of nitrogens with zero attached hydrogens (tertiary/aromatic N) is 2. The first-order chi connectivity index (χ1) is 8.80. The molecule has 21 heavy (non-hydrogen) atoms. The zero-order valence-electron chi connectivity index (χ0n) is 13.8. The van der Waals surface area contributed by atoms with Crippen LogP contribution in [0.4, 0.5) is 17.7 Å². The maximum absolute atomic E-state index is 12.5. The molecule has 1 fully saturated rings. The Bertz CT molecular complexity index is 372. The molecule has 0 aromatic heterocycles. The van der Waals surface area contributed by atoms with Gasteiger partial charge in [-0.1, -0.05) is 0 Å². The Morgan fingerprint density at radius 3 is 2.14 bits per heavy atom. The molecule has 0 aromatic carbocycles. The molecule has 0 bridgehead atoms. The third kappa shape index (κ3) is 7.70. The van der Waals surface area contributed by atoms with E-state index in [-0.39, 0.29) is 71.0 Å². The van der Waals surface area contributed by atoms with Crippen LogP contribution >= 0.6 is 0 Å². The van der Waals surface area contributed by atoms with Crippen LogP contribution in [0.5, 0.6) is 0 Å². The predicted octanol–water partition coefficient (Wildman–Crippen LogP) is -0.292. The number of halogens is 3. The monoisotopic (exact) mass is 334 g/mol. The second-order valence-corrected chi connectivity index (χ2v) is 6.89. The SMILES string of the molecule is CC(C)(C)OC(=O)N1CCN(C[B-](F)(F)F)CC1(C)C.[K+]. The number of rotatable bonds is 2. The molecule has 0 atom stereocenters. The van der Waals surface area contributed by atoms with E-state index in [4.69, 9.17) is 4.74 Å². The van der Waals surface area contributed by atoms with Gasteiger partial charge < -0.3 is 27.5 Å². The number of hydrogen-bond acceptors (Lipinski definition) is 3. The molecule has 1 aliphatic heterocycles. The first kappa shape index (κ1) is 21.7. The fraction of sp³-hybridized carbons (Fsp3) is 0.917. The van der Waals surface area contributed by atoms with Crippen LogP contribution in [0.25, 0.3) is 0 Å². The van der Waals surface area contributed by atoms with E-state index in [1.54, 1.807) is 34.6 Å². The van der Waals surface area contributed by atoms with E-state index in [0.717, 1.165) is 0 Å². The van der Waals surface area contributed by atoms with Gasteiger partial charge in [0.1, 0.15) is 5.60 Å². The van der Waals surface area contributed by atoms with E-state index in [1.165, 1.54) is 9.80 Å². The van der Waals surface area contributed by atoms with Crippen LogP contribution in [0, 0.1) is 0 Å². The summed E-state index contributed by atoms with van der Waals surface area (Å²) in [6.45, 7) is 4.61. The van der Waals surface area contributed by atoms with Crippen molar-refractivity contribution in [3.05, 3.63) is 0 Å². The molecule has 0 N–H and O–H groups in total. The van der Waals surface area contributed by atoms with Crippen LogP contribution in [0.3, 0.4) is 0 Å². The Kier molecular flexibility index (Phi) is 7.79. The Hall–Kier alpha value is 0.721. The Morgan fingerprint density at radius 2 is 1.76 bits per heavy atom. The molecule has 1 amide bonds. The van der Waals surface area contributed by atoms with Gasteiger partial charge in [0.15, 0.2) is 0 Å². The zero-order valence-corrected chi connectivity index (χ0v) is 16.9. The average molecular weight is 334 g/mol. The third-order valence-electron chi connectivity index (χ3n) is 3.06. The summed E-state index contributed by atoms with van der Waals surface area (Å²) in [5.41, 5.74) is -1.29. The second kappa shape index (κ2) is 7.53. The van der Waals surface area contributed by atoms with Gasteiger partial charge in [-0.05, 0) is 41.1 Å². The number of hydrogen-bond donors (Lipinski definition) is 0. The molecule has 9 heteroatoms. The standard InChI is InChI=1S/C12H23BF3N2O2.K/c1-11(2,3)20-10(19)18-7-6-17(8-12(18,4)5)9-13(14,15)16;/h6-9H2,1-5H3;/q-1;+1. The molecule has 0 aromatic rings. The van der Waals surface area contributed by atoms with Gasteiger partial charge in [-0.2, -0.15) is 0 Å². The molecule has 0 spiro atoms. The minimum Gasteiger partial charge on any atom is -0.448 e. The molecule has 0 saturated carbocycles. The Labute approximate surface area is 167 Å². The van der Waals surface area contributed by atoms with Crippen molar-refractivity contribution in [1.82, 2.24) is 9.80 Å². The number of piperazine rings is 1. The van der Waals surface area contributed by atoms with Crippen LogP contribution < -0.4 is 51.4 Å². The second-order valence-electron chi connectivity index (χ2n) is 6.89. The maximum atomic E-state index is 12.5. The van der Waals surface area contributed by atoms with E-state index in [9.17, 15) is 17.7 Å². The number of carbonyl (C=O) groups is 1. The molecular formula is C12H23BF3KN2O2. The molecule has 118 valence electrons. The molecule has 1 aliphatic rings. The molecule has 0 unspecified atom stereocenters. The van der Waals surface area contributed by atoms with E-state index in [2.05, 4.69) is 0 Å². The van der Waals surface area contributed by atoms with Crippen molar-refractivity contribution < 1.29 is 73.9 Å². The van der Waals surface area contributed by atoms with Crippen molar-refractivity contribution in [2.75, 3.05) is 26.1 Å². The molecule has 1 saturated heterocycles. The van der Waals surface area contributed by atoms with Crippen LogP contribution in [0.1, 0.15) is 34.6 Å². The summed E-state index contributed by atoms with van der Waals surface area (Å²) in [5.74, 6) is 0. The largest absolute Gasteiger partial charge is 1.00 e. The van der Waals surface area contributed by atoms with Crippen LogP contribution in [-0.2, 0) is 4.74 Å². The summed E-state index contributed by atoms with van der Waals surface area (Å²) >= 11 is 0. The molecule has 0 radical (unpaired) electrons. The number of carbonyl (C=O) groups excluding carboxylic acids is 1. The van der Waals surface area contributed by atoms with Crippen molar-refractivity contribution in [1.29, 1.82) is 0 Å². The summed E-state index contributed by atoms with van der Waals surface area (Å²) in [6, 6.07) is 0. The molecule has 0 aliphatic carbocycles. The smallest absolute Gasteiger partial charge is 0.448 e. The zero-order chi connectivity index (χ0) is 15.8. The van der Waals surface area contributed by atoms with E-state index >= 15 is 0 Å². The van der Waals surface area contributed by atoms with Crippen molar-refractivity contribution in [3.8, 4) is 0 Å². The van der Waals surface area contributed by atoms with Gasteiger partial charge in [-0.3, -0.25) is 0 Å². The molecular weight excluding hydrogens is 311 g/mol. The Morgan fingerprint density at radius 1 is 1.24 bits per heavy atom. The van der Waals surface area contributed by atoms with Gasteiger partial charge in [0.2, 0.25) is 0 Å². The van der Waals surface area contributed by atoms with Crippen LogP contribution in [0.2, 0.25) is 0 Å². The molecule has 4 nitrogen and oxygen atoms in total. The van der Waals surface area contributed by atoms with Crippen molar-refractivity contribution in [2.45, 2.75) is 45.8 Å². The summed E-state index contributed by atoms with van der Waals surface area (Å²) in [7, 11) is 0.